The van der Waals surface area contributed by atoms with E-state index in [2.05, 4.69) is 11.8 Å². The van der Waals surface area contributed by atoms with E-state index >= 15 is 0 Å². The van der Waals surface area contributed by atoms with Gasteiger partial charge in [-0.3, -0.25) is 4.79 Å². The zero-order chi connectivity index (χ0) is 13.7. The summed E-state index contributed by atoms with van der Waals surface area (Å²) in [5.74, 6) is 5.09. The normalized spacial score (nSPS) is 9.79. The highest BCUT2D eigenvalue weighted by Gasteiger charge is 2.01. The molecule has 1 aromatic heterocycles. The fraction of sp³-hybridized carbons (Fsp3) is 0.133. The summed E-state index contributed by atoms with van der Waals surface area (Å²) in [5.41, 5.74) is 6.41. The number of pyridine rings is 1. The zero-order valence-corrected chi connectivity index (χ0v) is 10.3. The maximum absolute atomic E-state index is 13.5. The second-order valence-corrected chi connectivity index (χ2v) is 4.02. The molecule has 2 aromatic rings. The Morgan fingerprint density at radius 2 is 2.11 bits per heavy atom. The molecule has 2 rings (SSSR count). The molecule has 0 aliphatic heterocycles. The Bertz CT molecular complexity index is 695. The smallest absolute Gasteiger partial charge is 0.250 e. The number of hydrogen-bond acceptors (Lipinski definition) is 2. The lowest BCUT2D eigenvalue weighted by molar-refractivity contribution is 0.622. The van der Waals surface area contributed by atoms with Crippen LogP contribution in [0.25, 0.3) is 0 Å². The van der Waals surface area contributed by atoms with Crippen LogP contribution in [0, 0.1) is 17.7 Å². The molecule has 0 radical (unpaired) electrons. The van der Waals surface area contributed by atoms with Crippen molar-refractivity contribution in [1.82, 2.24) is 4.57 Å². The van der Waals surface area contributed by atoms with E-state index in [-0.39, 0.29) is 17.9 Å². The topological polar surface area (TPSA) is 48.0 Å². The summed E-state index contributed by atoms with van der Waals surface area (Å²) in [4.78, 5) is 11.6. The summed E-state index contributed by atoms with van der Waals surface area (Å²) in [7, 11) is 0. The van der Waals surface area contributed by atoms with E-state index in [4.69, 9.17) is 5.73 Å². The lowest BCUT2D eigenvalue weighted by Gasteiger charge is -2.06. The van der Waals surface area contributed by atoms with Crippen LogP contribution in [0.15, 0.2) is 47.4 Å². The van der Waals surface area contributed by atoms with Crippen LogP contribution in [0.4, 0.5) is 4.39 Å². The van der Waals surface area contributed by atoms with Crippen molar-refractivity contribution in [2.45, 2.75) is 6.54 Å². The van der Waals surface area contributed by atoms with Gasteiger partial charge in [0, 0.05) is 17.8 Å². The molecule has 1 aromatic carbocycles. The van der Waals surface area contributed by atoms with Gasteiger partial charge in [-0.1, -0.05) is 17.9 Å². The number of rotatable bonds is 2. The Labute approximate surface area is 110 Å². The van der Waals surface area contributed by atoms with E-state index in [1.54, 1.807) is 24.4 Å². The summed E-state index contributed by atoms with van der Waals surface area (Å²) >= 11 is 0. The lowest BCUT2D eigenvalue weighted by atomic mass is 10.1. The van der Waals surface area contributed by atoms with Crippen LogP contribution in [0.1, 0.15) is 11.1 Å². The molecular weight excluding hydrogens is 243 g/mol. The highest BCUT2D eigenvalue weighted by Crippen LogP contribution is 2.09. The SMILES string of the molecule is NCC#Cc1cc(F)cc(Cn2ccccc2=O)c1. The van der Waals surface area contributed by atoms with Gasteiger partial charge in [0.05, 0.1) is 13.1 Å². The Hall–Kier alpha value is -2.38. The predicted octanol–water partition coefficient (Wildman–Crippen LogP) is 1.35. The minimum Gasteiger partial charge on any atom is -0.320 e. The van der Waals surface area contributed by atoms with Crippen LogP contribution < -0.4 is 11.3 Å². The van der Waals surface area contributed by atoms with E-state index in [1.807, 2.05) is 0 Å². The first kappa shape index (κ1) is 13.1. The molecule has 4 heteroatoms. The maximum Gasteiger partial charge on any atom is 0.250 e. The van der Waals surface area contributed by atoms with Gasteiger partial charge in [0.2, 0.25) is 0 Å². The zero-order valence-electron chi connectivity index (χ0n) is 10.3. The molecule has 0 fully saturated rings. The molecule has 96 valence electrons. The molecule has 0 aliphatic rings. The molecule has 0 unspecified atom stereocenters. The van der Waals surface area contributed by atoms with E-state index in [9.17, 15) is 9.18 Å². The van der Waals surface area contributed by atoms with Crippen LogP contribution in [0.5, 0.6) is 0 Å². The van der Waals surface area contributed by atoms with Crippen LogP contribution in [-0.4, -0.2) is 11.1 Å². The van der Waals surface area contributed by atoms with E-state index in [0.29, 0.717) is 17.7 Å². The second-order valence-electron chi connectivity index (χ2n) is 4.02. The molecule has 19 heavy (non-hydrogen) atoms. The van der Waals surface area contributed by atoms with Crippen molar-refractivity contribution in [2.24, 2.45) is 5.73 Å². The van der Waals surface area contributed by atoms with Crippen LogP contribution >= 0.6 is 0 Å². The summed E-state index contributed by atoms with van der Waals surface area (Å²) in [6, 6.07) is 9.39. The van der Waals surface area contributed by atoms with Crippen molar-refractivity contribution in [3.63, 3.8) is 0 Å². The Morgan fingerprint density at radius 1 is 1.26 bits per heavy atom. The summed E-state index contributed by atoms with van der Waals surface area (Å²) in [5, 5.41) is 0. The lowest BCUT2D eigenvalue weighted by Crippen LogP contribution is -2.18. The number of aromatic nitrogens is 1. The van der Waals surface area contributed by atoms with Gasteiger partial charge in [0.15, 0.2) is 0 Å². The Balaban J connectivity index is 2.33. The average molecular weight is 256 g/mol. The monoisotopic (exact) mass is 256 g/mol. The van der Waals surface area contributed by atoms with Gasteiger partial charge in [0.1, 0.15) is 5.82 Å². The molecule has 0 aliphatic carbocycles. The Morgan fingerprint density at radius 3 is 2.84 bits per heavy atom. The molecule has 0 bridgehead atoms. The van der Waals surface area contributed by atoms with Crippen LogP contribution in [0.3, 0.4) is 0 Å². The number of nitrogens with zero attached hydrogens (tertiary/aromatic N) is 1. The molecule has 0 spiro atoms. The number of nitrogens with two attached hydrogens (primary N) is 1. The van der Waals surface area contributed by atoms with Gasteiger partial charge in [-0.25, -0.2) is 4.39 Å². The minimum atomic E-state index is -0.372. The standard InChI is InChI=1S/C15H13FN2O/c16-14-9-12(4-3-6-17)8-13(10-14)11-18-7-2-1-5-15(18)19/h1-2,5,7-10H,6,11,17H2. The van der Waals surface area contributed by atoms with Crippen LogP contribution in [-0.2, 0) is 6.54 Å². The number of hydrogen-bond donors (Lipinski definition) is 1. The average Bonchev–Trinajstić information content (AvgIpc) is 2.38. The molecule has 2 N–H and O–H groups in total. The van der Waals surface area contributed by atoms with Gasteiger partial charge >= 0.3 is 0 Å². The van der Waals surface area contributed by atoms with Crippen molar-refractivity contribution in [2.75, 3.05) is 6.54 Å². The van der Waals surface area contributed by atoms with Crippen molar-refractivity contribution in [3.8, 4) is 11.8 Å². The summed E-state index contributed by atoms with van der Waals surface area (Å²) < 4.78 is 15.0. The van der Waals surface area contributed by atoms with E-state index in [0.717, 1.165) is 0 Å². The molecule has 0 atom stereocenters. The molecule has 3 nitrogen and oxygen atoms in total. The van der Waals surface area contributed by atoms with E-state index < -0.39 is 0 Å². The first-order valence-corrected chi connectivity index (χ1v) is 5.83. The third-order valence-electron chi connectivity index (χ3n) is 2.54. The van der Waals surface area contributed by atoms with Gasteiger partial charge in [-0.05, 0) is 29.8 Å². The molecule has 0 saturated carbocycles. The van der Waals surface area contributed by atoms with Gasteiger partial charge in [0.25, 0.3) is 5.56 Å². The fourth-order valence-electron chi connectivity index (χ4n) is 1.75. The van der Waals surface area contributed by atoms with Crippen molar-refractivity contribution >= 4 is 0 Å². The van der Waals surface area contributed by atoms with Gasteiger partial charge < -0.3 is 10.3 Å². The molecule has 1 heterocycles. The predicted molar refractivity (Wildman–Crippen MR) is 72.1 cm³/mol. The highest BCUT2D eigenvalue weighted by molar-refractivity contribution is 5.38. The second kappa shape index (κ2) is 5.98. The maximum atomic E-state index is 13.5. The third kappa shape index (κ3) is 3.54. The third-order valence-corrected chi connectivity index (χ3v) is 2.54. The van der Waals surface area contributed by atoms with Gasteiger partial charge in [-0.2, -0.15) is 0 Å². The number of benzene rings is 1. The van der Waals surface area contributed by atoms with Crippen molar-refractivity contribution in [3.05, 3.63) is 69.9 Å². The molecule has 0 saturated heterocycles. The Kier molecular flexibility index (Phi) is 4.11. The summed E-state index contributed by atoms with van der Waals surface area (Å²) in [6.45, 7) is 0.540. The van der Waals surface area contributed by atoms with Crippen molar-refractivity contribution in [1.29, 1.82) is 0 Å². The molecule has 0 amide bonds. The molecular formula is C15H13FN2O. The first-order chi connectivity index (χ1) is 9.19. The highest BCUT2D eigenvalue weighted by atomic mass is 19.1. The van der Waals surface area contributed by atoms with E-state index in [1.165, 1.54) is 22.8 Å². The minimum absolute atomic E-state index is 0.124. The largest absolute Gasteiger partial charge is 0.320 e. The van der Waals surface area contributed by atoms with Crippen LogP contribution in [0.2, 0.25) is 0 Å². The number of halogens is 1. The van der Waals surface area contributed by atoms with Gasteiger partial charge in [-0.15, -0.1) is 0 Å². The quantitative estimate of drug-likeness (QED) is 0.824. The fourth-order valence-corrected chi connectivity index (χ4v) is 1.75. The van der Waals surface area contributed by atoms with Crippen molar-refractivity contribution < 1.29 is 4.39 Å². The first-order valence-electron chi connectivity index (χ1n) is 5.83. The summed E-state index contributed by atoms with van der Waals surface area (Å²) in [6.07, 6.45) is 1.67.